The molecule has 3 nitrogen and oxygen atoms in total. The lowest BCUT2D eigenvalue weighted by Crippen LogP contribution is -2.57. The second-order valence-electron chi connectivity index (χ2n) is 10.1. The molecule has 4 heteroatoms. The van der Waals surface area contributed by atoms with E-state index in [4.69, 9.17) is 0 Å². The highest BCUT2D eigenvalue weighted by Crippen LogP contribution is 2.47. The van der Waals surface area contributed by atoms with Crippen LogP contribution < -0.4 is 16.0 Å². The molecular weight excluding hydrogens is 338 g/mol. The minimum atomic E-state index is 0.754. The number of rotatable bonds is 5. The summed E-state index contributed by atoms with van der Waals surface area (Å²) in [5.74, 6) is 4.89. The molecule has 0 amide bonds. The highest BCUT2D eigenvalue weighted by Gasteiger charge is 2.45. The predicted molar refractivity (Wildman–Crippen MR) is 112 cm³/mol. The van der Waals surface area contributed by atoms with Gasteiger partial charge in [0.1, 0.15) is 0 Å². The highest BCUT2D eigenvalue weighted by atomic mass is 32.2. The lowest BCUT2D eigenvalue weighted by Gasteiger charge is -2.48. The predicted octanol–water partition coefficient (Wildman–Crippen LogP) is 3.25. The zero-order valence-corrected chi connectivity index (χ0v) is 17.4. The first-order valence-electron chi connectivity index (χ1n) is 11.5. The van der Waals surface area contributed by atoms with Gasteiger partial charge in [0.05, 0.1) is 0 Å². The monoisotopic (exact) mass is 377 g/mol. The van der Waals surface area contributed by atoms with Gasteiger partial charge in [0.2, 0.25) is 0 Å². The van der Waals surface area contributed by atoms with Crippen molar-refractivity contribution in [2.45, 2.75) is 81.2 Å². The Kier molecular flexibility index (Phi) is 5.57. The summed E-state index contributed by atoms with van der Waals surface area (Å²) >= 11 is 2.12. The van der Waals surface area contributed by atoms with Crippen LogP contribution in [0.3, 0.4) is 0 Å². The molecule has 3 N–H and O–H groups in total. The quantitative estimate of drug-likeness (QED) is 0.644. The first kappa shape index (κ1) is 18.3. The molecule has 6 atom stereocenters. The van der Waals surface area contributed by atoms with E-state index in [0.717, 1.165) is 53.0 Å². The van der Waals surface area contributed by atoms with E-state index in [2.05, 4.69) is 34.0 Å². The van der Waals surface area contributed by atoms with E-state index in [9.17, 15) is 0 Å². The molecule has 0 aromatic rings. The molecule has 2 aliphatic carbocycles. The van der Waals surface area contributed by atoms with E-state index in [1.807, 2.05) is 0 Å². The van der Waals surface area contributed by atoms with Crippen molar-refractivity contribution < 1.29 is 0 Å². The zero-order chi connectivity index (χ0) is 17.5. The average Bonchev–Trinajstić information content (AvgIpc) is 3.59. The molecule has 3 heterocycles. The lowest BCUT2D eigenvalue weighted by atomic mass is 9.66. The van der Waals surface area contributed by atoms with E-state index < -0.39 is 0 Å². The third-order valence-electron chi connectivity index (χ3n) is 8.52. The Hall–Kier alpha value is 0.230. The normalized spacial score (nSPS) is 49.7. The summed E-state index contributed by atoms with van der Waals surface area (Å²) in [7, 11) is 0. The van der Waals surface area contributed by atoms with Gasteiger partial charge in [0.25, 0.3) is 0 Å². The molecule has 3 aliphatic heterocycles. The molecule has 0 aromatic heterocycles. The Labute approximate surface area is 164 Å². The minimum Gasteiger partial charge on any atom is -0.313 e. The summed E-state index contributed by atoms with van der Waals surface area (Å²) in [6.45, 7) is 3.82. The van der Waals surface area contributed by atoms with Gasteiger partial charge in [-0.15, -0.1) is 0 Å². The SMILES string of the molecule is CSC1CCC(C2CC(C3CC3)CNC2C2CCC(C3CN3)NC2)CC1. The lowest BCUT2D eigenvalue weighted by molar-refractivity contribution is 0.0739. The van der Waals surface area contributed by atoms with Gasteiger partial charge in [0, 0.05) is 29.9 Å². The average molecular weight is 378 g/mol. The Morgan fingerprint density at radius 2 is 1.27 bits per heavy atom. The van der Waals surface area contributed by atoms with Crippen LogP contribution in [0.2, 0.25) is 0 Å². The summed E-state index contributed by atoms with van der Waals surface area (Å²) in [6, 6.07) is 2.33. The highest BCUT2D eigenvalue weighted by molar-refractivity contribution is 7.99. The van der Waals surface area contributed by atoms with Crippen LogP contribution in [0.4, 0.5) is 0 Å². The van der Waals surface area contributed by atoms with Crippen LogP contribution in [-0.4, -0.2) is 49.3 Å². The van der Waals surface area contributed by atoms with Gasteiger partial charge in [0.15, 0.2) is 0 Å². The first-order valence-corrected chi connectivity index (χ1v) is 12.8. The van der Waals surface area contributed by atoms with Crippen LogP contribution in [0.25, 0.3) is 0 Å². The third kappa shape index (κ3) is 3.99. The molecule has 0 bridgehead atoms. The summed E-state index contributed by atoms with van der Waals surface area (Å²) in [5, 5.41) is 12.5. The molecule has 0 aromatic carbocycles. The fourth-order valence-corrected chi connectivity index (χ4v) is 7.35. The molecule has 6 unspecified atom stereocenters. The van der Waals surface area contributed by atoms with Crippen LogP contribution in [0.5, 0.6) is 0 Å². The maximum atomic E-state index is 4.13. The van der Waals surface area contributed by atoms with E-state index in [-0.39, 0.29) is 0 Å². The van der Waals surface area contributed by atoms with Gasteiger partial charge in [-0.1, -0.05) is 0 Å². The Morgan fingerprint density at radius 1 is 0.615 bits per heavy atom. The van der Waals surface area contributed by atoms with Crippen molar-refractivity contribution in [1.82, 2.24) is 16.0 Å². The number of hydrogen-bond acceptors (Lipinski definition) is 4. The molecule has 2 saturated carbocycles. The first-order chi connectivity index (χ1) is 12.8. The molecule has 0 radical (unpaired) electrons. The smallest absolute Gasteiger partial charge is 0.0347 e. The fraction of sp³-hybridized carbons (Fsp3) is 1.00. The number of nitrogens with one attached hydrogen (secondary N) is 3. The van der Waals surface area contributed by atoms with Gasteiger partial charge in [-0.3, -0.25) is 0 Å². The van der Waals surface area contributed by atoms with Crippen molar-refractivity contribution in [1.29, 1.82) is 0 Å². The Bertz CT molecular complexity index is 462. The molecule has 148 valence electrons. The summed E-state index contributed by atoms with van der Waals surface area (Å²) in [4.78, 5) is 0. The van der Waals surface area contributed by atoms with Crippen LogP contribution in [0, 0.1) is 29.6 Å². The summed E-state index contributed by atoms with van der Waals surface area (Å²) < 4.78 is 0. The van der Waals surface area contributed by atoms with Crippen molar-refractivity contribution in [3.05, 3.63) is 0 Å². The third-order valence-corrected chi connectivity index (χ3v) is 9.66. The van der Waals surface area contributed by atoms with Crippen LogP contribution in [0.15, 0.2) is 0 Å². The van der Waals surface area contributed by atoms with E-state index in [1.54, 1.807) is 6.42 Å². The molecule has 5 rings (SSSR count). The van der Waals surface area contributed by atoms with E-state index >= 15 is 0 Å². The van der Waals surface area contributed by atoms with Crippen molar-refractivity contribution >= 4 is 11.8 Å². The van der Waals surface area contributed by atoms with Crippen LogP contribution in [-0.2, 0) is 0 Å². The summed E-state index contributed by atoms with van der Waals surface area (Å²) in [5.41, 5.74) is 0. The molecular formula is C22H39N3S. The molecule has 3 saturated heterocycles. The molecule has 26 heavy (non-hydrogen) atoms. The van der Waals surface area contributed by atoms with Gasteiger partial charge in [-0.25, -0.2) is 0 Å². The second kappa shape index (κ2) is 7.93. The minimum absolute atomic E-state index is 0.754. The van der Waals surface area contributed by atoms with E-state index in [0.29, 0.717) is 0 Å². The molecule has 5 fully saturated rings. The van der Waals surface area contributed by atoms with Crippen molar-refractivity contribution in [2.24, 2.45) is 29.6 Å². The van der Waals surface area contributed by atoms with Crippen LogP contribution >= 0.6 is 11.8 Å². The van der Waals surface area contributed by atoms with Gasteiger partial charge < -0.3 is 16.0 Å². The van der Waals surface area contributed by atoms with Gasteiger partial charge in [-0.05, 0) is 107 Å². The summed E-state index contributed by atoms with van der Waals surface area (Å²) in [6.07, 6.45) is 15.7. The van der Waals surface area contributed by atoms with Crippen LogP contribution in [0.1, 0.15) is 57.8 Å². The topological polar surface area (TPSA) is 46.0 Å². The number of thioether (sulfide) groups is 1. The fourth-order valence-electron chi connectivity index (χ4n) is 6.60. The Balaban J connectivity index is 1.23. The van der Waals surface area contributed by atoms with Crippen molar-refractivity contribution in [3.63, 3.8) is 0 Å². The largest absolute Gasteiger partial charge is 0.313 e. The van der Waals surface area contributed by atoms with Gasteiger partial charge in [-0.2, -0.15) is 11.8 Å². The van der Waals surface area contributed by atoms with Crippen molar-refractivity contribution in [2.75, 3.05) is 25.9 Å². The maximum absolute atomic E-state index is 4.13. The van der Waals surface area contributed by atoms with Gasteiger partial charge >= 0.3 is 0 Å². The number of hydrogen-bond donors (Lipinski definition) is 3. The Morgan fingerprint density at radius 3 is 1.88 bits per heavy atom. The molecule has 5 aliphatic rings. The standard InChI is InChI=1S/C22H39N3S/c1-26-18-7-4-15(5-8-18)19-10-17(14-2-3-14)12-25-22(19)16-6-9-20(23-11-16)21-13-24-21/h14-25H,2-13H2,1H3. The van der Waals surface area contributed by atoms with E-state index in [1.165, 1.54) is 71.0 Å². The number of piperidine rings is 2. The molecule has 0 spiro atoms. The van der Waals surface area contributed by atoms with Crippen molar-refractivity contribution in [3.8, 4) is 0 Å². The zero-order valence-electron chi connectivity index (χ0n) is 16.6. The second-order valence-corrected chi connectivity index (χ2v) is 11.2. The maximum Gasteiger partial charge on any atom is 0.0347 e.